The molecular weight excluding hydrogens is 429 g/mol. The number of hydrogen-bond donors (Lipinski definition) is 2. The number of aryl methyl sites for hydroxylation is 2. The molecule has 0 saturated heterocycles. The van der Waals surface area contributed by atoms with Gasteiger partial charge in [-0.25, -0.2) is 15.0 Å². The quantitative estimate of drug-likeness (QED) is 0.403. The van der Waals surface area contributed by atoms with E-state index in [1.54, 1.807) is 22.7 Å². The summed E-state index contributed by atoms with van der Waals surface area (Å²) in [6.45, 7) is 8.47. The van der Waals surface area contributed by atoms with Gasteiger partial charge in [-0.05, 0) is 20.8 Å². The number of nitrogens with zero attached hydrogens (tertiary/aromatic N) is 3. The molecule has 0 aromatic carbocycles. The molecule has 0 saturated carbocycles. The van der Waals surface area contributed by atoms with Crippen LogP contribution in [0, 0.1) is 13.8 Å². The molecule has 0 fully saturated rings. The molecule has 0 spiro atoms. The van der Waals surface area contributed by atoms with Crippen LogP contribution in [-0.4, -0.2) is 29.0 Å². The van der Waals surface area contributed by atoms with Crippen molar-refractivity contribution in [2.75, 3.05) is 13.1 Å². The van der Waals surface area contributed by atoms with Gasteiger partial charge in [0.2, 0.25) is 0 Å². The molecule has 0 aliphatic rings. The van der Waals surface area contributed by atoms with Crippen molar-refractivity contribution >= 4 is 52.6 Å². The van der Waals surface area contributed by atoms with E-state index < -0.39 is 0 Å². The lowest BCUT2D eigenvalue weighted by molar-refractivity contribution is 0.790. The van der Waals surface area contributed by atoms with E-state index in [0.29, 0.717) is 6.54 Å². The van der Waals surface area contributed by atoms with Gasteiger partial charge in [-0.3, -0.25) is 0 Å². The molecule has 0 atom stereocenters. The molecule has 0 amide bonds. The van der Waals surface area contributed by atoms with Gasteiger partial charge in [0.25, 0.3) is 0 Å². The van der Waals surface area contributed by atoms with Crippen LogP contribution >= 0.6 is 46.7 Å². The predicted octanol–water partition coefficient (Wildman–Crippen LogP) is 3.13. The summed E-state index contributed by atoms with van der Waals surface area (Å²) in [6, 6.07) is 0. The topological polar surface area (TPSA) is 62.2 Å². The largest absolute Gasteiger partial charge is 0.357 e. The zero-order chi connectivity index (χ0) is 15.1. The van der Waals surface area contributed by atoms with Gasteiger partial charge in [0, 0.05) is 29.8 Å². The van der Waals surface area contributed by atoms with Gasteiger partial charge in [-0.2, -0.15) is 0 Å². The third kappa shape index (κ3) is 6.17. The second-order valence-electron chi connectivity index (χ2n) is 4.59. The van der Waals surface area contributed by atoms with Crippen molar-refractivity contribution in [3.8, 4) is 0 Å². The van der Waals surface area contributed by atoms with Gasteiger partial charge in [0.1, 0.15) is 0 Å². The second-order valence-corrected chi connectivity index (χ2v) is 6.59. The van der Waals surface area contributed by atoms with Gasteiger partial charge in [0.15, 0.2) is 5.96 Å². The van der Waals surface area contributed by atoms with Gasteiger partial charge in [-0.1, -0.05) is 0 Å². The van der Waals surface area contributed by atoms with Crippen LogP contribution in [0.5, 0.6) is 0 Å². The van der Waals surface area contributed by atoms with E-state index in [0.717, 1.165) is 41.9 Å². The summed E-state index contributed by atoms with van der Waals surface area (Å²) in [5.41, 5.74) is 4.07. The summed E-state index contributed by atoms with van der Waals surface area (Å²) in [5, 5.41) is 9.84. The summed E-state index contributed by atoms with van der Waals surface area (Å²) in [5.74, 6) is 0.845. The van der Waals surface area contributed by atoms with E-state index in [1.807, 2.05) is 19.4 Å². The van der Waals surface area contributed by atoms with E-state index in [-0.39, 0.29) is 24.0 Å². The van der Waals surface area contributed by atoms with Gasteiger partial charge in [-0.15, -0.1) is 46.7 Å². The lowest BCUT2D eigenvalue weighted by Crippen LogP contribution is -2.38. The average molecular weight is 451 g/mol. The fourth-order valence-electron chi connectivity index (χ4n) is 1.80. The number of aliphatic imine (C=N–C) groups is 1. The maximum atomic E-state index is 4.60. The molecule has 2 heterocycles. The van der Waals surface area contributed by atoms with E-state index in [2.05, 4.69) is 37.9 Å². The molecule has 2 aromatic rings. The number of rotatable bonds is 6. The first kappa shape index (κ1) is 19.3. The third-order valence-corrected chi connectivity index (χ3v) is 4.65. The lowest BCUT2D eigenvalue weighted by Gasteiger charge is -2.10. The summed E-state index contributed by atoms with van der Waals surface area (Å²) < 4.78 is 0. The molecule has 22 heavy (non-hydrogen) atoms. The van der Waals surface area contributed by atoms with Gasteiger partial charge in [0.05, 0.1) is 28.5 Å². The van der Waals surface area contributed by atoms with Crippen molar-refractivity contribution in [1.29, 1.82) is 0 Å². The molecule has 0 radical (unpaired) electrons. The van der Waals surface area contributed by atoms with Crippen molar-refractivity contribution in [2.45, 2.75) is 33.7 Å². The van der Waals surface area contributed by atoms with Crippen LogP contribution < -0.4 is 10.6 Å². The fraction of sp³-hybridized carbons (Fsp3) is 0.500. The third-order valence-electron chi connectivity index (χ3n) is 2.91. The van der Waals surface area contributed by atoms with Crippen molar-refractivity contribution in [2.24, 2.45) is 4.99 Å². The van der Waals surface area contributed by atoms with Crippen molar-refractivity contribution in [3.05, 3.63) is 32.2 Å². The highest BCUT2D eigenvalue weighted by Crippen LogP contribution is 2.12. The Bertz CT molecular complexity index is 594. The zero-order valence-electron chi connectivity index (χ0n) is 13.0. The number of halogens is 1. The Morgan fingerprint density at radius 2 is 2.09 bits per heavy atom. The van der Waals surface area contributed by atoms with Crippen LogP contribution in [0.15, 0.2) is 15.9 Å². The molecule has 2 aromatic heterocycles. The minimum atomic E-state index is 0. The summed E-state index contributed by atoms with van der Waals surface area (Å²) >= 11 is 3.34. The Labute approximate surface area is 156 Å². The number of guanidine groups is 1. The highest BCUT2D eigenvalue weighted by atomic mass is 127. The predicted molar refractivity (Wildman–Crippen MR) is 106 cm³/mol. The van der Waals surface area contributed by atoms with Crippen molar-refractivity contribution in [3.63, 3.8) is 0 Å². The zero-order valence-corrected chi connectivity index (χ0v) is 17.0. The molecule has 0 bridgehead atoms. The monoisotopic (exact) mass is 451 g/mol. The first-order chi connectivity index (χ1) is 10.2. The van der Waals surface area contributed by atoms with Gasteiger partial charge >= 0.3 is 0 Å². The molecule has 0 aliphatic carbocycles. The maximum Gasteiger partial charge on any atom is 0.191 e. The Balaban J connectivity index is 0.00000242. The summed E-state index contributed by atoms with van der Waals surface area (Å²) in [7, 11) is 0. The average Bonchev–Trinajstić information content (AvgIpc) is 3.05. The van der Waals surface area contributed by atoms with E-state index >= 15 is 0 Å². The molecule has 8 heteroatoms. The Hall–Kier alpha value is -0.740. The van der Waals surface area contributed by atoms with Crippen molar-refractivity contribution in [1.82, 2.24) is 20.6 Å². The number of thiazole rings is 2. The van der Waals surface area contributed by atoms with E-state index in [1.165, 1.54) is 4.88 Å². The number of aromatic nitrogens is 2. The van der Waals surface area contributed by atoms with Crippen LogP contribution in [0.2, 0.25) is 0 Å². The normalized spacial score (nSPS) is 11.1. The molecular formula is C14H22IN5S2. The first-order valence-corrected chi connectivity index (χ1v) is 8.77. The first-order valence-electron chi connectivity index (χ1n) is 7.01. The van der Waals surface area contributed by atoms with Crippen LogP contribution in [-0.2, 0) is 13.0 Å². The summed E-state index contributed by atoms with van der Waals surface area (Å²) in [4.78, 5) is 14.5. The highest BCUT2D eigenvalue weighted by Gasteiger charge is 2.03. The second kappa shape index (κ2) is 10.1. The Morgan fingerprint density at radius 3 is 2.68 bits per heavy atom. The summed E-state index contributed by atoms with van der Waals surface area (Å²) in [6.07, 6.45) is 0.911. The molecule has 0 unspecified atom stereocenters. The molecule has 5 nitrogen and oxygen atoms in total. The number of hydrogen-bond acceptors (Lipinski definition) is 5. The number of nitrogens with one attached hydrogen (secondary N) is 2. The van der Waals surface area contributed by atoms with Crippen LogP contribution in [0.3, 0.4) is 0 Å². The maximum absolute atomic E-state index is 4.60. The smallest absolute Gasteiger partial charge is 0.191 e. The standard InChI is InChI=1S/C14H21N5S2.HI/c1-4-15-14(17-7-13-10(2)18-9-21-13)16-6-5-12-8-20-11(3)19-12;/h8-9H,4-7H2,1-3H3,(H2,15,16,17);1H. The minimum Gasteiger partial charge on any atom is -0.357 e. The lowest BCUT2D eigenvalue weighted by atomic mass is 10.3. The Morgan fingerprint density at radius 1 is 1.27 bits per heavy atom. The molecule has 122 valence electrons. The van der Waals surface area contributed by atoms with E-state index in [9.17, 15) is 0 Å². The van der Waals surface area contributed by atoms with Crippen LogP contribution in [0.1, 0.15) is 28.2 Å². The fourth-order valence-corrected chi connectivity index (χ4v) is 3.15. The van der Waals surface area contributed by atoms with Crippen LogP contribution in [0.4, 0.5) is 0 Å². The molecule has 2 rings (SSSR count). The minimum absolute atomic E-state index is 0. The van der Waals surface area contributed by atoms with Gasteiger partial charge < -0.3 is 10.6 Å². The van der Waals surface area contributed by atoms with Crippen LogP contribution in [0.25, 0.3) is 0 Å². The Kier molecular flexibility index (Phi) is 8.88. The SMILES string of the molecule is CCNC(=NCc1scnc1C)NCCc1csc(C)n1.I. The molecule has 2 N–H and O–H groups in total. The highest BCUT2D eigenvalue weighted by molar-refractivity contribution is 14.0. The van der Waals surface area contributed by atoms with Crippen molar-refractivity contribution < 1.29 is 0 Å². The van der Waals surface area contributed by atoms with E-state index in [4.69, 9.17) is 0 Å². The molecule has 0 aliphatic heterocycles.